The summed E-state index contributed by atoms with van der Waals surface area (Å²) < 4.78 is 0. The van der Waals surface area contributed by atoms with E-state index >= 15 is 0 Å². The van der Waals surface area contributed by atoms with Crippen LogP contribution in [0.2, 0.25) is 0 Å². The first-order valence-electron chi connectivity index (χ1n) is 6.19. The summed E-state index contributed by atoms with van der Waals surface area (Å²) in [6.45, 7) is 3.21. The molecule has 0 aliphatic heterocycles. The van der Waals surface area contributed by atoms with Gasteiger partial charge in [0.25, 0.3) is 0 Å². The molecule has 17 heavy (non-hydrogen) atoms. The molecule has 1 aliphatic rings. The number of rotatable bonds is 4. The van der Waals surface area contributed by atoms with Crippen molar-refractivity contribution in [2.45, 2.75) is 26.2 Å². The summed E-state index contributed by atoms with van der Waals surface area (Å²) in [5, 5.41) is 0. The molecule has 1 aromatic rings. The molecule has 1 fully saturated rings. The van der Waals surface area contributed by atoms with Crippen molar-refractivity contribution in [2.24, 2.45) is 11.7 Å². The Morgan fingerprint density at radius 3 is 2.71 bits per heavy atom. The monoisotopic (exact) mass is 248 g/mol. The minimum absolute atomic E-state index is 0.487. The molecule has 0 unspecified atom stereocenters. The van der Waals surface area contributed by atoms with Crippen molar-refractivity contribution in [3.05, 3.63) is 29.3 Å². The Morgan fingerprint density at radius 1 is 1.47 bits per heavy atom. The first-order valence-corrected chi connectivity index (χ1v) is 6.60. The number of aryl methyl sites for hydroxylation is 1. The predicted molar refractivity (Wildman–Crippen MR) is 77.7 cm³/mol. The van der Waals surface area contributed by atoms with Crippen molar-refractivity contribution in [3.63, 3.8) is 0 Å². The highest BCUT2D eigenvalue weighted by Gasteiger charge is 2.20. The Morgan fingerprint density at radius 2 is 2.18 bits per heavy atom. The van der Waals surface area contributed by atoms with Crippen LogP contribution in [0, 0.1) is 12.8 Å². The van der Waals surface area contributed by atoms with Gasteiger partial charge in [-0.15, -0.1) is 0 Å². The maximum Gasteiger partial charge on any atom is 0.106 e. The standard InChI is InChI=1S/C14H20N2S/c1-10-6-7-12(14(15)17)13(8-10)16(2)9-11-4-3-5-11/h6-8,11H,3-5,9H2,1-2H3,(H2,15,17). The first-order chi connectivity index (χ1) is 8.08. The van der Waals surface area contributed by atoms with Crippen LogP contribution < -0.4 is 10.6 Å². The lowest BCUT2D eigenvalue weighted by Gasteiger charge is -2.32. The van der Waals surface area contributed by atoms with Gasteiger partial charge in [0.05, 0.1) is 0 Å². The zero-order valence-corrected chi connectivity index (χ0v) is 11.4. The van der Waals surface area contributed by atoms with Crippen molar-refractivity contribution in [1.82, 2.24) is 0 Å². The number of benzene rings is 1. The number of anilines is 1. The summed E-state index contributed by atoms with van der Waals surface area (Å²) in [6.07, 6.45) is 4.10. The molecule has 3 heteroatoms. The van der Waals surface area contributed by atoms with Crippen molar-refractivity contribution in [1.29, 1.82) is 0 Å². The van der Waals surface area contributed by atoms with Gasteiger partial charge in [-0.1, -0.05) is 24.7 Å². The lowest BCUT2D eigenvalue weighted by molar-refractivity contribution is 0.321. The van der Waals surface area contributed by atoms with Gasteiger partial charge in [-0.25, -0.2) is 0 Å². The van der Waals surface area contributed by atoms with Gasteiger partial charge in [0.1, 0.15) is 4.99 Å². The van der Waals surface area contributed by atoms with Crippen LogP contribution in [-0.4, -0.2) is 18.6 Å². The van der Waals surface area contributed by atoms with Gasteiger partial charge < -0.3 is 10.6 Å². The third kappa shape index (κ3) is 2.78. The largest absolute Gasteiger partial charge is 0.389 e. The van der Waals surface area contributed by atoms with Gasteiger partial charge >= 0.3 is 0 Å². The highest BCUT2D eigenvalue weighted by atomic mass is 32.1. The summed E-state index contributed by atoms with van der Waals surface area (Å²) in [5.74, 6) is 0.847. The summed E-state index contributed by atoms with van der Waals surface area (Å²) >= 11 is 5.12. The van der Waals surface area contributed by atoms with E-state index in [1.807, 2.05) is 6.07 Å². The van der Waals surface area contributed by atoms with Crippen molar-refractivity contribution >= 4 is 22.9 Å². The lowest BCUT2D eigenvalue weighted by atomic mass is 9.85. The van der Waals surface area contributed by atoms with Crippen LogP contribution in [-0.2, 0) is 0 Å². The summed E-state index contributed by atoms with van der Waals surface area (Å²) in [5.41, 5.74) is 9.20. The predicted octanol–water partition coefficient (Wildman–Crippen LogP) is 2.87. The Bertz CT molecular complexity index is 424. The number of thiocarbonyl (C=S) groups is 1. The molecule has 0 saturated heterocycles. The van der Waals surface area contributed by atoms with E-state index < -0.39 is 0 Å². The molecule has 0 amide bonds. The second-order valence-corrected chi connectivity index (χ2v) is 5.50. The Hall–Kier alpha value is -1.09. The molecule has 0 aromatic heterocycles. The molecule has 2 N–H and O–H groups in total. The SMILES string of the molecule is Cc1ccc(C(N)=S)c(N(C)CC2CCC2)c1. The molecule has 0 bridgehead atoms. The Labute approximate surface area is 109 Å². The molecule has 0 radical (unpaired) electrons. The average molecular weight is 248 g/mol. The molecule has 2 nitrogen and oxygen atoms in total. The molecule has 0 spiro atoms. The van der Waals surface area contributed by atoms with Crippen molar-refractivity contribution in [2.75, 3.05) is 18.5 Å². The highest BCUT2D eigenvalue weighted by molar-refractivity contribution is 7.80. The van der Waals surface area contributed by atoms with E-state index in [1.54, 1.807) is 0 Å². The number of nitrogens with zero attached hydrogens (tertiary/aromatic N) is 1. The first kappa shape index (κ1) is 12.4. The van der Waals surface area contributed by atoms with E-state index in [-0.39, 0.29) is 0 Å². The van der Waals surface area contributed by atoms with Crippen LogP contribution >= 0.6 is 12.2 Å². The fourth-order valence-electron chi connectivity index (χ4n) is 2.33. The van der Waals surface area contributed by atoms with Gasteiger partial charge in [0.15, 0.2) is 0 Å². The van der Waals surface area contributed by atoms with E-state index in [1.165, 1.54) is 30.5 Å². The molecular formula is C14H20N2S. The maximum absolute atomic E-state index is 5.78. The topological polar surface area (TPSA) is 29.3 Å². The Balaban J connectivity index is 2.21. The van der Waals surface area contributed by atoms with Gasteiger partial charge in [-0.2, -0.15) is 0 Å². The summed E-state index contributed by atoms with van der Waals surface area (Å²) in [4.78, 5) is 2.78. The minimum atomic E-state index is 0.487. The highest BCUT2D eigenvalue weighted by Crippen LogP contribution is 2.29. The molecular weight excluding hydrogens is 228 g/mol. The zero-order valence-electron chi connectivity index (χ0n) is 10.6. The molecule has 0 atom stereocenters. The van der Waals surface area contributed by atoms with Crippen molar-refractivity contribution < 1.29 is 0 Å². The zero-order chi connectivity index (χ0) is 12.4. The second kappa shape index (κ2) is 5.05. The Kier molecular flexibility index (Phi) is 3.67. The second-order valence-electron chi connectivity index (χ2n) is 5.06. The van der Waals surface area contributed by atoms with Gasteiger partial charge in [-0.05, 0) is 43.4 Å². The van der Waals surface area contributed by atoms with Crippen LogP contribution in [0.25, 0.3) is 0 Å². The summed E-state index contributed by atoms with van der Waals surface area (Å²) in [7, 11) is 2.13. The van der Waals surface area contributed by atoms with Gasteiger partial charge in [0.2, 0.25) is 0 Å². The fraction of sp³-hybridized carbons (Fsp3) is 0.500. The molecule has 1 saturated carbocycles. The third-order valence-electron chi connectivity index (χ3n) is 3.59. The molecule has 0 heterocycles. The van der Waals surface area contributed by atoms with Crippen LogP contribution in [0.4, 0.5) is 5.69 Å². The lowest BCUT2D eigenvalue weighted by Crippen LogP contribution is -2.30. The molecule has 1 aromatic carbocycles. The molecule has 92 valence electrons. The average Bonchev–Trinajstić information content (AvgIpc) is 2.22. The fourth-order valence-corrected chi connectivity index (χ4v) is 2.50. The number of nitrogens with two attached hydrogens (primary N) is 1. The van der Waals surface area contributed by atoms with E-state index in [4.69, 9.17) is 18.0 Å². The smallest absolute Gasteiger partial charge is 0.106 e. The third-order valence-corrected chi connectivity index (χ3v) is 3.81. The van der Waals surface area contributed by atoms with E-state index in [9.17, 15) is 0 Å². The van der Waals surface area contributed by atoms with E-state index in [0.29, 0.717) is 4.99 Å². The van der Waals surface area contributed by atoms with Crippen LogP contribution in [0.5, 0.6) is 0 Å². The minimum Gasteiger partial charge on any atom is -0.389 e. The van der Waals surface area contributed by atoms with Crippen LogP contribution in [0.3, 0.4) is 0 Å². The maximum atomic E-state index is 5.78. The summed E-state index contributed by atoms with van der Waals surface area (Å²) in [6, 6.07) is 6.27. The normalized spacial score (nSPS) is 15.4. The van der Waals surface area contributed by atoms with Gasteiger partial charge in [-0.3, -0.25) is 0 Å². The molecule has 1 aliphatic carbocycles. The quantitative estimate of drug-likeness (QED) is 0.831. The molecule has 2 rings (SSSR count). The van der Waals surface area contributed by atoms with Crippen molar-refractivity contribution in [3.8, 4) is 0 Å². The van der Waals surface area contributed by atoms with Crippen LogP contribution in [0.1, 0.15) is 30.4 Å². The van der Waals surface area contributed by atoms with Gasteiger partial charge in [0, 0.05) is 24.8 Å². The van der Waals surface area contributed by atoms with E-state index in [0.717, 1.165) is 18.0 Å². The number of hydrogen-bond acceptors (Lipinski definition) is 2. The van der Waals surface area contributed by atoms with Crippen LogP contribution in [0.15, 0.2) is 18.2 Å². The number of hydrogen-bond donors (Lipinski definition) is 1. The van der Waals surface area contributed by atoms with E-state index in [2.05, 4.69) is 31.0 Å².